The van der Waals surface area contributed by atoms with E-state index in [1.807, 2.05) is 7.05 Å². The highest BCUT2D eigenvalue weighted by Crippen LogP contribution is 2.33. The summed E-state index contributed by atoms with van der Waals surface area (Å²) in [5.41, 5.74) is 0. The van der Waals surface area contributed by atoms with E-state index in [0.717, 1.165) is 24.8 Å². The first-order valence-electron chi connectivity index (χ1n) is 11.0. The first-order chi connectivity index (χ1) is 13.6. The summed E-state index contributed by atoms with van der Waals surface area (Å²) in [6.45, 7) is 4.69. The monoisotopic (exact) mass is 406 g/mol. The lowest BCUT2D eigenvalue weighted by Gasteiger charge is -2.32. The molecule has 1 heterocycles. The van der Waals surface area contributed by atoms with Gasteiger partial charge in [0.1, 0.15) is 5.75 Å². The molecule has 1 saturated heterocycles. The maximum atomic E-state index is 12.2. The smallest absolute Gasteiger partial charge is 0.410 e. The van der Waals surface area contributed by atoms with Gasteiger partial charge in [0.25, 0.3) is 0 Å². The zero-order chi connectivity index (χ0) is 19.8. The van der Waals surface area contributed by atoms with Crippen LogP contribution in [0.2, 0.25) is 5.02 Å². The van der Waals surface area contributed by atoms with Gasteiger partial charge in [0.15, 0.2) is 0 Å². The maximum absolute atomic E-state index is 12.2. The molecule has 1 saturated carbocycles. The van der Waals surface area contributed by atoms with Crippen molar-refractivity contribution in [2.75, 3.05) is 33.2 Å². The van der Waals surface area contributed by atoms with Crippen molar-refractivity contribution in [1.29, 1.82) is 0 Å². The predicted octanol–water partition coefficient (Wildman–Crippen LogP) is 5.84. The Bertz CT molecular complexity index is 593. The average molecular weight is 407 g/mol. The molecule has 3 rings (SSSR count). The van der Waals surface area contributed by atoms with Crippen molar-refractivity contribution in [1.82, 2.24) is 9.80 Å². The largest absolute Gasteiger partial charge is 0.414 e. The van der Waals surface area contributed by atoms with Crippen molar-refractivity contribution >= 4 is 17.7 Å². The van der Waals surface area contributed by atoms with Crippen LogP contribution < -0.4 is 4.74 Å². The summed E-state index contributed by atoms with van der Waals surface area (Å²) in [4.78, 5) is 16.6. The maximum Gasteiger partial charge on any atom is 0.414 e. The molecular weight excluding hydrogens is 372 g/mol. The quantitative estimate of drug-likeness (QED) is 0.569. The lowest BCUT2D eigenvalue weighted by atomic mass is 9.79. The molecule has 0 unspecified atom stereocenters. The molecule has 0 atom stereocenters. The minimum absolute atomic E-state index is 0.294. The van der Waals surface area contributed by atoms with Gasteiger partial charge in [-0.1, -0.05) is 43.7 Å². The molecule has 0 spiro atoms. The second-order valence-corrected chi connectivity index (χ2v) is 9.05. The van der Waals surface area contributed by atoms with E-state index in [1.54, 1.807) is 29.2 Å². The predicted molar refractivity (Wildman–Crippen MR) is 115 cm³/mol. The first-order valence-corrected chi connectivity index (χ1v) is 11.4. The fraction of sp³-hybridized carbons (Fsp3) is 0.696. The van der Waals surface area contributed by atoms with Crippen LogP contribution in [0.4, 0.5) is 4.79 Å². The van der Waals surface area contributed by atoms with Crippen LogP contribution in [0.15, 0.2) is 24.3 Å². The zero-order valence-corrected chi connectivity index (χ0v) is 18.0. The molecule has 2 fully saturated rings. The van der Waals surface area contributed by atoms with Gasteiger partial charge in [-0.25, -0.2) is 4.79 Å². The van der Waals surface area contributed by atoms with E-state index >= 15 is 0 Å². The van der Waals surface area contributed by atoms with Gasteiger partial charge in [0, 0.05) is 18.6 Å². The Morgan fingerprint density at radius 2 is 1.64 bits per heavy atom. The number of carbonyl (C=O) groups is 1. The molecule has 1 aliphatic carbocycles. The van der Waals surface area contributed by atoms with Gasteiger partial charge < -0.3 is 14.5 Å². The van der Waals surface area contributed by atoms with Gasteiger partial charge in [-0.05, 0) is 81.4 Å². The van der Waals surface area contributed by atoms with Gasteiger partial charge in [0.2, 0.25) is 0 Å². The van der Waals surface area contributed by atoms with Crippen molar-refractivity contribution < 1.29 is 9.53 Å². The fourth-order valence-electron chi connectivity index (χ4n) is 4.51. The average Bonchev–Trinajstić information content (AvgIpc) is 2.73. The summed E-state index contributed by atoms with van der Waals surface area (Å²) < 4.78 is 5.40. The number of benzene rings is 1. The molecule has 156 valence electrons. The van der Waals surface area contributed by atoms with E-state index in [2.05, 4.69) is 4.90 Å². The Hall–Kier alpha value is -1.26. The number of halogens is 1. The van der Waals surface area contributed by atoms with Crippen molar-refractivity contribution in [2.24, 2.45) is 11.8 Å². The molecule has 0 radical (unpaired) electrons. The van der Waals surface area contributed by atoms with E-state index < -0.39 is 0 Å². The molecule has 2 aliphatic rings. The molecule has 1 aromatic rings. The van der Waals surface area contributed by atoms with Crippen LogP contribution in [0.25, 0.3) is 0 Å². The Labute approximate surface area is 175 Å². The van der Waals surface area contributed by atoms with E-state index in [0.29, 0.717) is 10.8 Å². The highest BCUT2D eigenvalue weighted by Gasteiger charge is 2.23. The third-order valence-corrected chi connectivity index (χ3v) is 6.72. The highest BCUT2D eigenvalue weighted by atomic mass is 35.5. The van der Waals surface area contributed by atoms with Crippen molar-refractivity contribution in [3.63, 3.8) is 0 Å². The minimum Gasteiger partial charge on any atom is -0.410 e. The molecule has 1 aliphatic heterocycles. The Kier molecular flexibility index (Phi) is 8.47. The normalized spacial score (nSPS) is 23.4. The van der Waals surface area contributed by atoms with Crippen molar-refractivity contribution in [3.05, 3.63) is 29.3 Å². The van der Waals surface area contributed by atoms with Gasteiger partial charge in [-0.15, -0.1) is 0 Å². The number of hydrogen-bond acceptors (Lipinski definition) is 3. The number of likely N-dealkylation sites (tertiary alicyclic amines) is 1. The second kappa shape index (κ2) is 11.1. The third-order valence-electron chi connectivity index (χ3n) is 6.47. The molecule has 5 heteroatoms. The molecule has 1 amide bonds. The molecule has 0 N–H and O–H groups in total. The molecule has 28 heavy (non-hydrogen) atoms. The molecule has 4 nitrogen and oxygen atoms in total. The molecule has 0 bridgehead atoms. The first kappa shape index (κ1) is 21.4. The summed E-state index contributed by atoms with van der Waals surface area (Å²) in [5, 5.41) is 0.639. The van der Waals surface area contributed by atoms with E-state index in [4.69, 9.17) is 16.3 Å². The van der Waals surface area contributed by atoms with Crippen LogP contribution in [0, 0.1) is 11.8 Å². The standard InChI is InChI=1S/C23H35ClN2O2/c1-25(23(27)28-22-11-9-21(24)10-12-22)17-13-19-5-7-20(8-6-19)14-18-26-15-3-2-4-16-26/h9-12,19-20H,2-8,13-18H2,1H3/t19-,20-. The minimum atomic E-state index is -0.294. The number of carbonyl (C=O) groups excluding carboxylic acids is 1. The van der Waals surface area contributed by atoms with Gasteiger partial charge >= 0.3 is 6.09 Å². The van der Waals surface area contributed by atoms with Crippen LogP contribution in [0.1, 0.15) is 57.8 Å². The van der Waals surface area contributed by atoms with Crippen LogP contribution in [0.3, 0.4) is 0 Å². The zero-order valence-electron chi connectivity index (χ0n) is 17.2. The number of piperidine rings is 1. The fourth-order valence-corrected chi connectivity index (χ4v) is 4.63. The number of nitrogens with zero attached hydrogens (tertiary/aromatic N) is 2. The third kappa shape index (κ3) is 6.97. The van der Waals surface area contributed by atoms with Crippen LogP contribution in [0.5, 0.6) is 5.75 Å². The van der Waals surface area contributed by atoms with Crippen molar-refractivity contribution in [3.8, 4) is 5.75 Å². The summed E-state index contributed by atoms with van der Waals surface area (Å²) in [6.07, 6.45) is 11.7. The Morgan fingerprint density at radius 1 is 1.04 bits per heavy atom. The van der Waals surface area contributed by atoms with Gasteiger partial charge in [0.05, 0.1) is 0 Å². The van der Waals surface area contributed by atoms with Gasteiger partial charge in [-0.3, -0.25) is 0 Å². The topological polar surface area (TPSA) is 32.8 Å². The Morgan fingerprint density at radius 3 is 2.29 bits per heavy atom. The number of rotatable bonds is 7. The summed E-state index contributed by atoms with van der Waals surface area (Å²) in [7, 11) is 1.82. The highest BCUT2D eigenvalue weighted by molar-refractivity contribution is 6.30. The van der Waals surface area contributed by atoms with Crippen LogP contribution >= 0.6 is 11.6 Å². The van der Waals surface area contributed by atoms with Crippen LogP contribution in [-0.2, 0) is 0 Å². The molecule has 1 aromatic carbocycles. The number of hydrogen-bond donors (Lipinski definition) is 0. The number of ether oxygens (including phenoxy) is 1. The van der Waals surface area contributed by atoms with Crippen molar-refractivity contribution in [2.45, 2.75) is 57.8 Å². The second-order valence-electron chi connectivity index (χ2n) is 8.61. The van der Waals surface area contributed by atoms with E-state index in [1.165, 1.54) is 71.0 Å². The van der Waals surface area contributed by atoms with E-state index in [-0.39, 0.29) is 6.09 Å². The molecule has 0 aromatic heterocycles. The lowest BCUT2D eigenvalue weighted by Crippen LogP contribution is -2.33. The SMILES string of the molecule is CN(CC[C@H]1CC[C@H](CCN2CCCCC2)CC1)C(=O)Oc1ccc(Cl)cc1. The Balaban J connectivity index is 1.29. The lowest BCUT2D eigenvalue weighted by molar-refractivity contribution is 0.154. The summed E-state index contributed by atoms with van der Waals surface area (Å²) in [5.74, 6) is 2.19. The number of amides is 1. The summed E-state index contributed by atoms with van der Waals surface area (Å²) in [6, 6.07) is 6.90. The molecular formula is C23H35ClN2O2. The van der Waals surface area contributed by atoms with Crippen LogP contribution in [-0.4, -0.2) is 49.1 Å². The summed E-state index contributed by atoms with van der Waals surface area (Å²) >= 11 is 5.86. The van der Waals surface area contributed by atoms with E-state index in [9.17, 15) is 4.79 Å². The van der Waals surface area contributed by atoms with Gasteiger partial charge in [-0.2, -0.15) is 0 Å².